The summed E-state index contributed by atoms with van der Waals surface area (Å²) in [6, 6.07) is 12.1. The van der Waals surface area contributed by atoms with Gasteiger partial charge in [-0.1, -0.05) is 11.6 Å². The molecule has 0 aliphatic rings. The predicted octanol–water partition coefficient (Wildman–Crippen LogP) is 3.91. The number of carboxylic acids is 2. The van der Waals surface area contributed by atoms with Gasteiger partial charge in [-0.15, -0.1) is 0 Å². The molecule has 3 aromatic rings. The van der Waals surface area contributed by atoms with Gasteiger partial charge in [-0.05, 0) is 62.4 Å². The van der Waals surface area contributed by atoms with Crippen LogP contribution in [0.4, 0.5) is 0 Å². The fourth-order valence-corrected chi connectivity index (χ4v) is 3.26. The number of benzene rings is 2. The third-order valence-electron chi connectivity index (χ3n) is 4.62. The number of halogens is 1. The Labute approximate surface area is 182 Å². The molecule has 0 radical (unpaired) electrons. The molecular formula is C22H18ClN3O5. The van der Waals surface area contributed by atoms with Gasteiger partial charge in [0, 0.05) is 33.2 Å². The van der Waals surface area contributed by atoms with Crippen molar-refractivity contribution in [2.24, 2.45) is 5.10 Å². The van der Waals surface area contributed by atoms with E-state index in [0.717, 1.165) is 11.8 Å². The first-order valence-electron chi connectivity index (χ1n) is 9.07. The molecule has 0 aliphatic carbocycles. The highest BCUT2D eigenvalue weighted by Gasteiger charge is 2.16. The van der Waals surface area contributed by atoms with Crippen molar-refractivity contribution in [2.45, 2.75) is 13.8 Å². The molecule has 3 rings (SSSR count). The Morgan fingerprint density at radius 1 is 0.935 bits per heavy atom. The number of hydrazone groups is 1. The Morgan fingerprint density at radius 3 is 2.06 bits per heavy atom. The van der Waals surface area contributed by atoms with Crippen LogP contribution in [0.3, 0.4) is 0 Å². The lowest BCUT2D eigenvalue weighted by atomic mass is 10.1. The minimum absolute atomic E-state index is 0.132. The van der Waals surface area contributed by atoms with Crippen molar-refractivity contribution in [1.82, 2.24) is 9.99 Å². The van der Waals surface area contributed by atoms with E-state index < -0.39 is 17.8 Å². The summed E-state index contributed by atoms with van der Waals surface area (Å²) in [6.45, 7) is 3.58. The lowest BCUT2D eigenvalue weighted by Gasteiger charge is -2.12. The molecule has 1 heterocycles. The van der Waals surface area contributed by atoms with Crippen LogP contribution < -0.4 is 5.43 Å². The number of nitrogens with zero attached hydrogens (tertiary/aromatic N) is 2. The molecule has 0 aliphatic heterocycles. The third kappa shape index (κ3) is 4.81. The zero-order valence-corrected chi connectivity index (χ0v) is 17.3. The lowest BCUT2D eigenvalue weighted by Crippen LogP contribution is -2.17. The summed E-state index contributed by atoms with van der Waals surface area (Å²) < 4.78 is 1.72. The van der Waals surface area contributed by atoms with Gasteiger partial charge in [0.15, 0.2) is 0 Å². The van der Waals surface area contributed by atoms with Gasteiger partial charge in [0.25, 0.3) is 5.91 Å². The summed E-state index contributed by atoms with van der Waals surface area (Å²) in [6.07, 6.45) is 1.46. The first kappa shape index (κ1) is 21.8. The molecule has 1 aromatic heterocycles. The summed E-state index contributed by atoms with van der Waals surface area (Å²) in [5.41, 5.74) is 5.08. The number of rotatable bonds is 6. The monoisotopic (exact) mass is 439 g/mol. The molecule has 2 aromatic carbocycles. The van der Waals surface area contributed by atoms with Crippen molar-refractivity contribution in [1.29, 1.82) is 0 Å². The van der Waals surface area contributed by atoms with Gasteiger partial charge in [0.2, 0.25) is 0 Å². The Balaban J connectivity index is 1.90. The van der Waals surface area contributed by atoms with E-state index in [1.165, 1.54) is 18.3 Å². The molecule has 3 N–H and O–H groups in total. The van der Waals surface area contributed by atoms with Gasteiger partial charge < -0.3 is 14.8 Å². The second-order valence-corrected chi connectivity index (χ2v) is 7.18. The van der Waals surface area contributed by atoms with Crippen LogP contribution in [-0.4, -0.2) is 38.8 Å². The summed E-state index contributed by atoms with van der Waals surface area (Å²) in [5, 5.41) is 23.1. The van der Waals surface area contributed by atoms with Crippen molar-refractivity contribution in [2.75, 3.05) is 0 Å². The number of carbonyl (C=O) groups is 3. The Hall–Kier alpha value is -3.91. The molecule has 0 saturated heterocycles. The van der Waals surface area contributed by atoms with Crippen molar-refractivity contribution in [3.8, 4) is 5.69 Å². The quantitative estimate of drug-likeness (QED) is 0.397. The van der Waals surface area contributed by atoms with Gasteiger partial charge in [0.05, 0.1) is 17.3 Å². The number of carboxylic acid groups (broad SMARTS) is 2. The Kier molecular flexibility index (Phi) is 6.22. The maximum atomic E-state index is 12.1. The summed E-state index contributed by atoms with van der Waals surface area (Å²) in [5.74, 6) is -2.85. The van der Waals surface area contributed by atoms with E-state index in [2.05, 4.69) is 10.5 Å². The van der Waals surface area contributed by atoms with E-state index in [0.29, 0.717) is 27.5 Å². The molecule has 1 amide bonds. The van der Waals surface area contributed by atoms with Crippen molar-refractivity contribution in [3.63, 3.8) is 0 Å². The molecule has 0 saturated carbocycles. The second-order valence-electron chi connectivity index (χ2n) is 6.75. The zero-order chi connectivity index (χ0) is 22.7. The molecule has 31 heavy (non-hydrogen) atoms. The average molecular weight is 440 g/mol. The topological polar surface area (TPSA) is 121 Å². The predicted molar refractivity (Wildman–Crippen MR) is 116 cm³/mol. The Morgan fingerprint density at radius 2 is 1.52 bits per heavy atom. The van der Waals surface area contributed by atoms with Gasteiger partial charge in [0.1, 0.15) is 0 Å². The summed E-state index contributed by atoms with van der Waals surface area (Å²) in [7, 11) is 0. The fourth-order valence-electron chi connectivity index (χ4n) is 3.13. The van der Waals surface area contributed by atoms with Crippen molar-refractivity contribution >= 4 is 35.7 Å². The molecule has 8 nitrogen and oxygen atoms in total. The number of aromatic nitrogens is 1. The molecule has 9 heteroatoms. The number of carbonyl (C=O) groups excluding carboxylic acids is 1. The van der Waals surface area contributed by atoms with E-state index in [4.69, 9.17) is 11.6 Å². The fraction of sp³-hybridized carbons (Fsp3) is 0.0909. The Bertz CT molecular complexity index is 1180. The normalized spacial score (nSPS) is 10.9. The molecule has 0 spiro atoms. The standard InChI is InChI=1S/C22H18ClN3O5/c1-12-7-17(11-24-25-20(27)14-3-5-18(23)6-4-14)13(2)26(12)19-9-15(21(28)29)8-16(10-19)22(30)31/h3-11H,1-2H3,(H,25,27)(H,28,29)(H,30,31)/b24-11-. The van der Waals surface area contributed by atoms with Crippen LogP contribution in [0.25, 0.3) is 5.69 Å². The number of amides is 1. The SMILES string of the molecule is Cc1cc(/C=N\NC(=O)c2ccc(Cl)cc2)c(C)n1-c1cc(C(=O)O)cc(C(=O)O)c1. The average Bonchev–Trinajstić information content (AvgIpc) is 3.01. The van der Waals surface area contributed by atoms with Crippen LogP contribution in [0.2, 0.25) is 5.02 Å². The molecular weight excluding hydrogens is 422 g/mol. The molecule has 158 valence electrons. The van der Waals surface area contributed by atoms with Crippen LogP contribution >= 0.6 is 11.6 Å². The van der Waals surface area contributed by atoms with E-state index in [9.17, 15) is 24.6 Å². The number of aromatic carboxylic acids is 2. The minimum Gasteiger partial charge on any atom is -0.478 e. The molecule has 0 atom stereocenters. The number of hydrogen-bond donors (Lipinski definition) is 3. The van der Waals surface area contributed by atoms with Gasteiger partial charge in [-0.25, -0.2) is 15.0 Å². The summed E-state index contributed by atoms with van der Waals surface area (Å²) >= 11 is 5.81. The van der Waals surface area contributed by atoms with E-state index in [-0.39, 0.29) is 11.1 Å². The van der Waals surface area contributed by atoms with Crippen LogP contribution in [0, 0.1) is 13.8 Å². The van der Waals surface area contributed by atoms with E-state index >= 15 is 0 Å². The molecule has 0 fully saturated rings. The smallest absolute Gasteiger partial charge is 0.335 e. The maximum absolute atomic E-state index is 12.1. The van der Waals surface area contributed by atoms with Crippen molar-refractivity contribution < 1.29 is 24.6 Å². The molecule has 0 bridgehead atoms. The first-order valence-corrected chi connectivity index (χ1v) is 9.45. The van der Waals surface area contributed by atoms with E-state index in [1.807, 2.05) is 0 Å². The lowest BCUT2D eigenvalue weighted by molar-refractivity contribution is 0.0696. The van der Waals surface area contributed by atoms with E-state index in [1.54, 1.807) is 48.7 Å². The van der Waals surface area contributed by atoms with Crippen LogP contribution in [0.5, 0.6) is 0 Å². The van der Waals surface area contributed by atoms with Gasteiger partial charge >= 0.3 is 11.9 Å². The summed E-state index contributed by atoms with van der Waals surface area (Å²) in [4.78, 5) is 35.0. The van der Waals surface area contributed by atoms with Gasteiger partial charge in [-0.3, -0.25) is 4.79 Å². The van der Waals surface area contributed by atoms with Crippen molar-refractivity contribution in [3.05, 3.63) is 87.2 Å². The first-order chi connectivity index (χ1) is 14.7. The number of aryl methyl sites for hydroxylation is 1. The van der Waals surface area contributed by atoms with Gasteiger partial charge in [-0.2, -0.15) is 5.10 Å². The minimum atomic E-state index is -1.22. The number of hydrogen-bond acceptors (Lipinski definition) is 4. The van der Waals surface area contributed by atoms with Crippen LogP contribution in [0.15, 0.2) is 53.6 Å². The highest BCUT2D eigenvalue weighted by molar-refractivity contribution is 6.30. The zero-order valence-electron chi connectivity index (χ0n) is 16.6. The second kappa shape index (κ2) is 8.85. The van der Waals surface area contributed by atoms with Crippen LogP contribution in [0.1, 0.15) is 48.0 Å². The molecule has 0 unspecified atom stereocenters. The largest absolute Gasteiger partial charge is 0.478 e. The number of nitrogens with one attached hydrogen (secondary N) is 1. The third-order valence-corrected chi connectivity index (χ3v) is 4.87. The maximum Gasteiger partial charge on any atom is 0.335 e. The highest BCUT2D eigenvalue weighted by atomic mass is 35.5. The highest BCUT2D eigenvalue weighted by Crippen LogP contribution is 2.22. The van der Waals surface area contributed by atoms with Crippen LogP contribution in [-0.2, 0) is 0 Å².